The summed E-state index contributed by atoms with van der Waals surface area (Å²) in [6.45, 7) is 1.53. The summed E-state index contributed by atoms with van der Waals surface area (Å²) in [4.78, 5) is 28.0. The van der Waals surface area contributed by atoms with Crippen LogP contribution in [-0.2, 0) is 9.84 Å². The number of nitrogens with one attached hydrogen (secondary N) is 1. The molecule has 1 fully saturated rings. The summed E-state index contributed by atoms with van der Waals surface area (Å²) < 4.78 is 23.3. The van der Waals surface area contributed by atoms with E-state index in [0.717, 1.165) is 31.3 Å². The predicted octanol–water partition coefficient (Wildman–Crippen LogP) is 1.70. The molecule has 0 bridgehead atoms. The molecule has 0 spiro atoms. The molecule has 1 atom stereocenters. The van der Waals surface area contributed by atoms with E-state index in [1.165, 1.54) is 18.3 Å². The average Bonchev–Trinajstić information content (AvgIpc) is 2.79. The lowest BCUT2D eigenvalue weighted by molar-refractivity contribution is 0.102. The maximum Gasteiger partial charge on any atom is 0.276 e. The first-order valence-electron chi connectivity index (χ1n) is 10.4. The van der Waals surface area contributed by atoms with E-state index in [4.69, 9.17) is 11.5 Å². The number of carbonyl (C=O) groups excluding carboxylic acids is 1. The number of aromatic nitrogens is 3. The molecule has 11 heteroatoms. The number of sulfone groups is 1. The molecule has 3 aromatic rings. The number of hydrogen-bond donors (Lipinski definition) is 3. The van der Waals surface area contributed by atoms with Crippen molar-refractivity contribution in [3.8, 4) is 11.4 Å². The molecule has 172 valence electrons. The maximum atomic E-state index is 13.1. The standard InChI is InChI=1S/C22H25N7O3S/c1-33(31,32)15-4-6-17(26-11-15)18-7-5-16(24)21(27-18)22(30)28-19-12-25-9-8-20(19)29-10-2-3-14(23)13-29/h4-9,11-12,14H,2-3,10,13,23-24H2,1H3,(H,28,30). The Bertz CT molecular complexity index is 1280. The molecule has 33 heavy (non-hydrogen) atoms. The van der Waals surface area contributed by atoms with Crippen LogP contribution in [0.2, 0.25) is 0 Å². The van der Waals surface area contributed by atoms with Crippen LogP contribution in [-0.4, -0.2) is 54.7 Å². The zero-order valence-corrected chi connectivity index (χ0v) is 18.9. The molecular formula is C22H25N7O3S. The summed E-state index contributed by atoms with van der Waals surface area (Å²) in [5, 5.41) is 2.86. The minimum Gasteiger partial charge on any atom is -0.397 e. The molecule has 4 heterocycles. The third-order valence-electron chi connectivity index (χ3n) is 5.41. The highest BCUT2D eigenvalue weighted by molar-refractivity contribution is 7.90. The number of nitrogens with zero attached hydrogens (tertiary/aromatic N) is 4. The molecule has 1 aliphatic rings. The van der Waals surface area contributed by atoms with Crippen LogP contribution in [0.1, 0.15) is 23.3 Å². The summed E-state index contributed by atoms with van der Waals surface area (Å²) in [6, 6.07) is 8.09. The fourth-order valence-electron chi connectivity index (χ4n) is 3.72. The molecule has 1 saturated heterocycles. The molecule has 5 N–H and O–H groups in total. The van der Waals surface area contributed by atoms with Gasteiger partial charge in [0, 0.05) is 37.8 Å². The Kier molecular flexibility index (Phi) is 6.25. The van der Waals surface area contributed by atoms with Crippen LogP contribution in [0.5, 0.6) is 0 Å². The van der Waals surface area contributed by atoms with E-state index in [9.17, 15) is 13.2 Å². The lowest BCUT2D eigenvalue weighted by Gasteiger charge is -2.33. The highest BCUT2D eigenvalue weighted by Crippen LogP contribution is 2.28. The van der Waals surface area contributed by atoms with Crippen molar-refractivity contribution < 1.29 is 13.2 Å². The van der Waals surface area contributed by atoms with Crippen LogP contribution in [0.15, 0.2) is 53.8 Å². The maximum absolute atomic E-state index is 13.1. The van der Waals surface area contributed by atoms with Gasteiger partial charge in [-0.15, -0.1) is 0 Å². The second-order valence-electron chi connectivity index (χ2n) is 7.98. The van der Waals surface area contributed by atoms with Gasteiger partial charge in [0.25, 0.3) is 5.91 Å². The Hall–Kier alpha value is -3.57. The number of amides is 1. The van der Waals surface area contributed by atoms with Crippen molar-refractivity contribution in [2.45, 2.75) is 23.8 Å². The van der Waals surface area contributed by atoms with E-state index in [0.29, 0.717) is 23.6 Å². The van der Waals surface area contributed by atoms with Gasteiger partial charge in [-0.3, -0.25) is 14.8 Å². The smallest absolute Gasteiger partial charge is 0.276 e. The second kappa shape index (κ2) is 9.12. The van der Waals surface area contributed by atoms with Crippen LogP contribution in [0.3, 0.4) is 0 Å². The van der Waals surface area contributed by atoms with Gasteiger partial charge in [0.1, 0.15) is 0 Å². The summed E-state index contributed by atoms with van der Waals surface area (Å²) in [7, 11) is -3.37. The predicted molar refractivity (Wildman–Crippen MR) is 127 cm³/mol. The SMILES string of the molecule is CS(=O)(=O)c1ccc(-c2ccc(N)c(C(=O)Nc3cnccc3N3CCCC(N)C3)n2)nc1. The van der Waals surface area contributed by atoms with Gasteiger partial charge in [-0.2, -0.15) is 0 Å². The van der Waals surface area contributed by atoms with Gasteiger partial charge in [0.15, 0.2) is 15.5 Å². The van der Waals surface area contributed by atoms with Gasteiger partial charge in [-0.25, -0.2) is 13.4 Å². The minimum atomic E-state index is -3.37. The monoisotopic (exact) mass is 467 g/mol. The fraction of sp³-hybridized carbons (Fsp3) is 0.273. The first kappa shape index (κ1) is 22.6. The van der Waals surface area contributed by atoms with Gasteiger partial charge in [-0.1, -0.05) is 0 Å². The molecule has 1 amide bonds. The Labute approximate surface area is 192 Å². The summed E-state index contributed by atoms with van der Waals surface area (Å²) in [5.74, 6) is -0.488. The largest absolute Gasteiger partial charge is 0.397 e. The second-order valence-corrected chi connectivity index (χ2v) is 10.00. The minimum absolute atomic E-state index is 0.0339. The van der Waals surface area contributed by atoms with E-state index in [2.05, 4.69) is 25.2 Å². The van der Waals surface area contributed by atoms with Crippen molar-refractivity contribution >= 4 is 32.8 Å². The number of hydrogen-bond acceptors (Lipinski definition) is 9. The number of piperidine rings is 1. The zero-order chi connectivity index (χ0) is 23.6. The van der Waals surface area contributed by atoms with Crippen LogP contribution in [0.25, 0.3) is 11.4 Å². The van der Waals surface area contributed by atoms with Crippen LogP contribution < -0.4 is 21.7 Å². The third-order valence-corrected chi connectivity index (χ3v) is 6.51. The highest BCUT2D eigenvalue weighted by Gasteiger charge is 2.21. The van der Waals surface area contributed by atoms with Gasteiger partial charge in [0.05, 0.1) is 39.5 Å². The lowest BCUT2D eigenvalue weighted by Crippen LogP contribution is -2.43. The summed E-state index contributed by atoms with van der Waals surface area (Å²) >= 11 is 0. The Morgan fingerprint density at radius 2 is 1.94 bits per heavy atom. The van der Waals surface area contributed by atoms with Crippen molar-refractivity contribution in [1.82, 2.24) is 15.0 Å². The lowest BCUT2D eigenvalue weighted by atomic mass is 10.1. The van der Waals surface area contributed by atoms with Crippen molar-refractivity contribution in [1.29, 1.82) is 0 Å². The molecule has 0 aliphatic carbocycles. The topological polar surface area (TPSA) is 157 Å². The fourth-order valence-corrected chi connectivity index (χ4v) is 4.27. The molecule has 0 saturated carbocycles. The number of nitrogens with two attached hydrogens (primary N) is 2. The van der Waals surface area contributed by atoms with Gasteiger partial charge in [0.2, 0.25) is 0 Å². The molecule has 1 aliphatic heterocycles. The molecule has 1 unspecified atom stereocenters. The van der Waals surface area contributed by atoms with E-state index in [1.807, 2.05) is 6.07 Å². The molecule has 4 rings (SSSR count). The summed E-state index contributed by atoms with van der Waals surface area (Å²) in [5.41, 5.74) is 14.6. The van der Waals surface area contributed by atoms with Crippen LogP contribution in [0.4, 0.5) is 17.1 Å². The first-order chi connectivity index (χ1) is 15.7. The van der Waals surface area contributed by atoms with E-state index in [-0.39, 0.29) is 22.3 Å². The number of carbonyl (C=O) groups is 1. The van der Waals surface area contributed by atoms with Crippen molar-refractivity contribution in [2.75, 3.05) is 35.3 Å². The van der Waals surface area contributed by atoms with Gasteiger partial charge < -0.3 is 21.7 Å². The highest BCUT2D eigenvalue weighted by atomic mass is 32.2. The Balaban J connectivity index is 1.60. The molecule has 0 aromatic carbocycles. The normalized spacial score (nSPS) is 16.4. The molecule has 3 aromatic heterocycles. The molecule has 0 radical (unpaired) electrons. The summed E-state index contributed by atoms with van der Waals surface area (Å²) in [6.07, 6.45) is 7.56. The van der Waals surface area contributed by atoms with Crippen molar-refractivity contribution in [3.63, 3.8) is 0 Å². The zero-order valence-electron chi connectivity index (χ0n) is 18.1. The number of pyridine rings is 3. The quantitative estimate of drug-likeness (QED) is 0.508. The number of nitrogen functional groups attached to an aromatic ring is 1. The van der Waals surface area contributed by atoms with Crippen molar-refractivity contribution in [3.05, 3.63) is 54.6 Å². The molecule has 10 nitrogen and oxygen atoms in total. The number of anilines is 3. The first-order valence-corrected chi connectivity index (χ1v) is 12.3. The van der Waals surface area contributed by atoms with Gasteiger partial charge in [-0.05, 0) is 43.2 Å². The van der Waals surface area contributed by atoms with E-state index in [1.54, 1.807) is 24.5 Å². The number of rotatable bonds is 5. The van der Waals surface area contributed by atoms with Crippen LogP contribution >= 0.6 is 0 Å². The van der Waals surface area contributed by atoms with Gasteiger partial charge >= 0.3 is 0 Å². The third kappa shape index (κ3) is 5.10. The average molecular weight is 468 g/mol. The van der Waals surface area contributed by atoms with Crippen LogP contribution in [0, 0.1) is 0 Å². The van der Waals surface area contributed by atoms with E-state index >= 15 is 0 Å². The Morgan fingerprint density at radius 1 is 1.15 bits per heavy atom. The molecular weight excluding hydrogens is 442 g/mol. The van der Waals surface area contributed by atoms with Crippen molar-refractivity contribution in [2.24, 2.45) is 5.73 Å². The van der Waals surface area contributed by atoms with E-state index < -0.39 is 15.7 Å². The Morgan fingerprint density at radius 3 is 2.64 bits per heavy atom.